The molecule has 1 aliphatic rings. The number of piperidine rings is 1. The lowest BCUT2D eigenvalue weighted by Crippen LogP contribution is -2.51. The summed E-state index contributed by atoms with van der Waals surface area (Å²) < 4.78 is 0. The molecule has 74 valence electrons. The highest BCUT2D eigenvalue weighted by Gasteiger charge is 2.26. The molecule has 3 N–H and O–H groups in total. The van der Waals surface area contributed by atoms with Crippen LogP contribution in [0, 0.1) is 0 Å². The van der Waals surface area contributed by atoms with Crippen LogP contribution in [0.5, 0.6) is 0 Å². The Morgan fingerprint density at radius 3 is 3.08 bits per heavy atom. The van der Waals surface area contributed by atoms with Crippen LogP contribution >= 0.6 is 0 Å². The van der Waals surface area contributed by atoms with Gasteiger partial charge in [0.05, 0.1) is 12.6 Å². The Labute approximate surface area is 77.3 Å². The first-order chi connectivity index (χ1) is 6.15. The maximum atomic E-state index is 11.4. The standard InChI is InChI=1S/C8H15N3O2/c1-10-7(12)5-11-4-2-3-6(9)8(11)13/h6H,2-5,9H2,1H3,(H,10,12). The van der Waals surface area contributed by atoms with Crippen molar-refractivity contribution >= 4 is 11.8 Å². The quantitative estimate of drug-likeness (QED) is 0.560. The van der Waals surface area contributed by atoms with Crippen LogP contribution in [0.2, 0.25) is 0 Å². The SMILES string of the molecule is CNC(=O)CN1CCCC(N)C1=O. The van der Waals surface area contributed by atoms with Crippen molar-refractivity contribution in [2.24, 2.45) is 5.73 Å². The highest BCUT2D eigenvalue weighted by molar-refractivity contribution is 5.87. The topological polar surface area (TPSA) is 75.4 Å². The van der Waals surface area contributed by atoms with E-state index in [4.69, 9.17) is 5.73 Å². The predicted molar refractivity (Wildman–Crippen MR) is 47.9 cm³/mol. The van der Waals surface area contributed by atoms with E-state index in [-0.39, 0.29) is 18.4 Å². The zero-order valence-electron chi connectivity index (χ0n) is 7.75. The number of hydrogen-bond donors (Lipinski definition) is 2. The Balaban J connectivity index is 2.49. The molecule has 0 radical (unpaired) electrons. The predicted octanol–water partition coefficient (Wildman–Crippen LogP) is -1.32. The van der Waals surface area contributed by atoms with Crippen LogP contribution in [-0.2, 0) is 9.59 Å². The molecule has 0 aromatic heterocycles. The highest BCUT2D eigenvalue weighted by atomic mass is 16.2. The Hall–Kier alpha value is -1.10. The Morgan fingerprint density at radius 1 is 1.77 bits per heavy atom. The van der Waals surface area contributed by atoms with Crippen LogP contribution in [0.25, 0.3) is 0 Å². The lowest BCUT2D eigenvalue weighted by Gasteiger charge is -2.29. The molecule has 1 rings (SSSR count). The van der Waals surface area contributed by atoms with Gasteiger partial charge in [0.15, 0.2) is 0 Å². The van der Waals surface area contributed by atoms with Gasteiger partial charge >= 0.3 is 0 Å². The zero-order valence-corrected chi connectivity index (χ0v) is 7.75. The number of amides is 2. The third-order valence-electron chi connectivity index (χ3n) is 2.19. The lowest BCUT2D eigenvalue weighted by molar-refractivity contribution is -0.138. The summed E-state index contributed by atoms with van der Waals surface area (Å²) in [5.41, 5.74) is 5.56. The van der Waals surface area contributed by atoms with E-state index in [0.717, 1.165) is 12.8 Å². The molecule has 1 unspecified atom stereocenters. The van der Waals surface area contributed by atoms with Crippen molar-refractivity contribution in [3.05, 3.63) is 0 Å². The van der Waals surface area contributed by atoms with Crippen LogP contribution in [0.1, 0.15) is 12.8 Å². The molecule has 0 aromatic carbocycles. The smallest absolute Gasteiger partial charge is 0.239 e. The molecule has 13 heavy (non-hydrogen) atoms. The van der Waals surface area contributed by atoms with Crippen LogP contribution < -0.4 is 11.1 Å². The number of nitrogens with one attached hydrogen (secondary N) is 1. The maximum absolute atomic E-state index is 11.4. The van der Waals surface area contributed by atoms with E-state index in [1.54, 1.807) is 7.05 Å². The van der Waals surface area contributed by atoms with E-state index in [9.17, 15) is 9.59 Å². The van der Waals surface area contributed by atoms with Crippen molar-refractivity contribution in [1.29, 1.82) is 0 Å². The number of nitrogens with zero attached hydrogens (tertiary/aromatic N) is 1. The van der Waals surface area contributed by atoms with Crippen molar-refractivity contribution in [3.63, 3.8) is 0 Å². The van der Waals surface area contributed by atoms with Crippen molar-refractivity contribution in [2.75, 3.05) is 20.1 Å². The molecule has 1 atom stereocenters. The van der Waals surface area contributed by atoms with E-state index in [0.29, 0.717) is 6.54 Å². The molecular formula is C8H15N3O2. The zero-order chi connectivity index (χ0) is 9.84. The molecule has 1 fully saturated rings. The fraction of sp³-hybridized carbons (Fsp3) is 0.750. The minimum atomic E-state index is -0.418. The Bertz CT molecular complexity index is 217. The summed E-state index contributed by atoms with van der Waals surface area (Å²) in [6, 6.07) is -0.418. The second-order valence-electron chi connectivity index (χ2n) is 3.18. The van der Waals surface area contributed by atoms with Crippen LogP contribution in [0.15, 0.2) is 0 Å². The molecular weight excluding hydrogens is 170 g/mol. The van der Waals surface area contributed by atoms with Gasteiger partial charge in [-0.05, 0) is 12.8 Å². The molecule has 0 aliphatic carbocycles. The number of rotatable bonds is 2. The van der Waals surface area contributed by atoms with Gasteiger partial charge in [-0.25, -0.2) is 0 Å². The Kier molecular flexibility index (Phi) is 3.25. The second kappa shape index (κ2) is 4.23. The fourth-order valence-corrected chi connectivity index (χ4v) is 1.38. The third kappa shape index (κ3) is 2.42. The summed E-state index contributed by atoms with van der Waals surface area (Å²) in [6.45, 7) is 0.767. The van der Waals surface area contributed by atoms with Crippen LogP contribution in [0.4, 0.5) is 0 Å². The van der Waals surface area contributed by atoms with Crippen molar-refractivity contribution in [1.82, 2.24) is 10.2 Å². The van der Waals surface area contributed by atoms with Gasteiger partial charge in [0.1, 0.15) is 0 Å². The van der Waals surface area contributed by atoms with E-state index in [2.05, 4.69) is 5.32 Å². The number of likely N-dealkylation sites (N-methyl/N-ethyl adjacent to an activating group) is 1. The number of carbonyl (C=O) groups excluding carboxylic acids is 2. The molecule has 2 amide bonds. The normalized spacial score (nSPS) is 23.1. The monoisotopic (exact) mass is 185 g/mol. The molecule has 0 bridgehead atoms. The van der Waals surface area contributed by atoms with Gasteiger partial charge in [-0.3, -0.25) is 9.59 Å². The number of carbonyl (C=O) groups is 2. The first-order valence-corrected chi connectivity index (χ1v) is 4.40. The van der Waals surface area contributed by atoms with Crippen molar-refractivity contribution in [2.45, 2.75) is 18.9 Å². The lowest BCUT2D eigenvalue weighted by atomic mass is 10.1. The summed E-state index contributed by atoms with van der Waals surface area (Å²) in [5.74, 6) is -0.266. The third-order valence-corrected chi connectivity index (χ3v) is 2.19. The van der Waals surface area contributed by atoms with E-state index in [1.807, 2.05) is 0 Å². The average Bonchev–Trinajstić information content (AvgIpc) is 2.13. The van der Waals surface area contributed by atoms with Crippen LogP contribution in [0.3, 0.4) is 0 Å². The fourth-order valence-electron chi connectivity index (χ4n) is 1.38. The maximum Gasteiger partial charge on any atom is 0.239 e. The van der Waals surface area contributed by atoms with Gasteiger partial charge in [0.2, 0.25) is 11.8 Å². The highest BCUT2D eigenvalue weighted by Crippen LogP contribution is 2.08. The van der Waals surface area contributed by atoms with E-state index >= 15 is 0 Å². The van der Waals surface area contributed by atoms with E-state index < -0.39 is 6.04 Å². The summed E-state index contributed by atoms with van der Waals surface area (Å²) in [4.78, 5) is 23.9. The van der Waals surface area contributed by atoms with Crippen molar-refractivity contribution in [3.8, 4) is 0 Å². The summed E-state index contributed by atoms with van der Waals surface area (Å²) >= 11 is 0. The minimum Gasteiger partial charge on any atom is -0.358 e. The first-order valence-electron chi connectivity index (χ1n) is 4.40. The molecule has 1 saturated heterocycles. The molecule has 1 aliphatic heterocycles. The van der Waals surface area contributed by atoms with Crippen molar-refractivity contribution < 1.29 is 9.59 Å². The number of hydrogen-bond acceptors (Lipinski definition) is 3. The van der Waals surface area contributed by atoms with Gasteiger partial charge in [0.25, 0.3) is 0 Å². The summed E-state index contributed by atoms with van der Waals surface area (Å²) in [5, 5.41) is 2.47. The van der Waals surface area contributed by atoms with Gasteiger partial charge in [0, 0.05) is 13.6 Å². The Morgan fingerprint density at radius 2 is 2.46 bits per heavy atom. The molecule has 5 heteroatoms. The van der Waals surface area contributed by atoms with E-state index in [1.165, 1.54) is 4.90 Å². The molecule has 0 saturated carbocycles. The number of nitrogens with two attached hydrogens (primary N) is 1. The number of likely N-dealkylation sites (tertiary alicyclic amines) is 1. The minimum absolute atomic E-state index is 0.116. The van der Waals surface area contributed by atoms with Crippen LogP contribution in [-0.4, -0.2) is 42.9 Å². The first kappa shape index (κ1) is 9.98. The largest absolute Gasteiger partial charge is 0.358 e. The van der Waals surface area contributed by atoms with Gasteiger partial charge < -0.3 is 16.0 Å². The van der Waals surface area contributed by atoms with Gasteiger partial charge in [-0.15, -0.1) is 0 Å². The van der Waals surface area contributed by atoms with Gasteiger partial charge in [-0.2, -0.15) is 0 Å². The van der Waals surface area contributed by atoms with Gasteiger partial charge in [-0.1, -0.05) is 0 Å². The molecule has 5 nitrogen and oxygen atoms in total. The average molecular weight is 185 g/mol. The summed E-state index contributed by atoms with van der Waals surface area (Å²) in [7, 11) is 1.55. The molecule has 0 spiro atoms. The summed E-state index contributed by atoms with van der Waals surface area (Å²) in [6.07, 6.45) is 1.60. The molecule has 1 heterocycles. The second-order valence-corrected chi connectivity index (χ2v) is 3.18. The molecule has 0 aromatic rings.